The number of benzene rings is 2. The van der Waals surface area contributed by atoms with Crippen LogP contribution in [-0.4, -0.2) is 22.5 Å². The topological polar surface area (TPSA) is 71.4 Å². The van der Waals surface area contributed by atoms with Gasteiger partial charge in [-0.25, -0.2) is 0 Å². The van der Waals surface area contributed by atoms with Gasteiger partial charge in [-0.3, -0.25) is 14.4 Å². The number of hydrogen-bond donors (Lipinski definition) is 1. The minimum atomic E-state index is -0.501. The van der Waals surface area contributed by atoms with Crippen LogP contribution in [0, 0.1) is 6.92 Å². The van der Waals surface area contributed by atoms with Crippen LogP contribution in [0.25, 0.3) is 0 Å². The second kappa shape index (κ2) is 7.01. The molecule has 0 amide bonds. The molecule has 118 valence electrons. The van der Waals surface area contributed by atoms with Crippen LogP contribution in [0.2, 0.25) is 0 Å². The molecule has 0 bridgehead atoms. The number of carbonyl (C=O) groups is 3. The van der Waals surface area contributed by atoms with E-state index in [0.29, 0.717) is 17.5 Å². The number of hydrogen-bond acceptors (Lipinski definition) is 4. The Bertz CT molecular complexity index is 757. The average molecular weight is 310 g/mol. The predicted molar refractivity (Wildman–Crippen MR) is 87.2 cm³/mol. The molecule has 4 heteroatoms. The molecule has 0 spiro atoms. The first kappa shape index (κ1) is 16.6. The van der Waals surface area contributed by atoms with Crippen LogP contribution >= 0.6 is 0 Å². The van der Waals surface area contributed by atoms with Crippen LogP contribution in [-0.2, 0) is 0 Å². The highest BCUT2D eigenvalue weighted by molar-refractivity contribution is 6.15. The average Bonchev–Trinajstić information content (AvgIpc) is 2.55. The van der Waals surface area contributed by atoms with Gasteiger partial charge < -0.3 is 5.11 Å². The molecule has 4 nitrogen and oxygen atoms in total. The van der Waals surface area contributed by atoms with Crippen molar-refractivity contribution in [1.82, 2.24) is 0 Å². The number of phenols is 1. The Kier molecular flexibility index (Phi) is 5.06. The maximum atomic E-state index is 12.3. The highest BCUT2D eigenvalue weighted by Gasteiger charge is 2.18. The largest absolute Gasteiger partial charge is 0.507 e. The van der Waals surface area contributed by atoms with Gasteiger partial charge in [-0.2, -0.15) is 0 Å². The lowest BCUT2D eigenvalue weighted by Crippen LogP contribution is -2.10. The van der Waals surface area contributed by atoms with Gasteiger partial charge in [0, 0.05) is 17.5 Å². The maximum Gasteiger partial charge on any atom is 0.174 e. The summed E-state index contributed by atoms with van der Waals surface area (Å²) in [5.41, 5.74) is 1.83. The van der Waals surface area contributed by atoms with E-state index < -0.39 is 5.78 Å². The summed E-state index contributed by atoms with van der Waals surface area (Å²) in [4.78, 5) is 36.2. The third-order valence-corrected chi connectivity index (χ3v) is 3.63. The van der Waals surface area contributed by atoms with Gasteiger partial charge >= 0.3 is 0 Å². The number of phenolic OH excluding ortho intramolecular Hbond substituents is 1. The number of Topliss-reactive ketones (excluding diaryl/α,β-unsaturated/α-hetero) is 3. The number of carbonyl (C=O) groups excluding carboxylic acids is 3. The first-order chi connectivity index (χ1) is 10.9. The SMILES string of the molecule is CCC(=O)c1ccc(O)c(C(=O)CC(=O)c2ccc(C)cc2)c1. The highest BCUT2D eigenvalue weighted by Crippen LogP contribution is 2.22. The van der Waals surface area contributed by atoms with E-state index in [9.17, 15) is 19.5 Å². The van der Waals surface area contributed by atoms with Gasteiger partial charge in [0.05, 0.1) is 12.0 Å². The summed E-state index contributed by atoms with van der Waals surface area (Å²) in [7, 11) is 0. The van der Waals surface area contributed by atoms with Crippen molar-refractivity contribution in [2.24, 2.45) is 0 Å². The first-order valence-electron chi connectivity index (χ1n) is 7.41. The summed E-state index contributed by atoms with van der Waals surface area (Å²) >= 11 is 0. The van der Waals surface area contributed by atoms with Crippen LogP contribution in [0.4, 0.5) is 0 Å². The summed E-state index contributed by atoms with van der Waals surface area (Å²) in [6.45, 7) is 3.63. The maximum absolute atomic E-state index is 12.3. The van der Waals surface area contributed by atoms with Gasteiger partial charge in [-0.15, -0.1) is 0 Å². The van der Waals surface area contributed by atoms with E-state index in [2.05, 4.69) is 0 Å². The van der Waals surface area contributed by atoms with Crippen LogP contribution in [0.1, 0.15) is 56.4 Å². The molecule has 0 saturated carbocycles. The van der Waals surface area contributed by atoms with E-state index in [-0.39, 0.29) is 29.3 Å². The number of rotatable bonds is 6. The fourth-order valence-electron chi connectivity index (χ4n) is 2.22. The second-order valence-corrected chi connectivity index (χ2v) is 5.40. The minimum absolute atomic E-state index is 0.00441. The quantitative estimate of drug-likeness (QED) is 0.651. The molecule has 0 atom stereocenters. The highest BCUT2D eigenvalue weighted by atomic mass is 16.3. The molecule has 23 heavy (non-hydrogen) atoms. The molecule has 1 N–H and O–H groups in total. The molecule has 0 aliphatic carbocycles. The van der Waals surface area contributed by atoms with Crippen molar-refractivity contribution in [3.8, 4) is 5.75 Å². The molecule has 2 aromatic rings. The molecule has 0 fully saturated rings. The minimum Gasteiger partial charge on any atom is -0.507 e. The van der Waals surface area contributed by atoms with Gasteiger partial charge in [-0.1, -0.05) is 36.8 Å². The van der Waals surface area contributed by atoms with E-state index in [0.717, 1.165) is 5.56 Å². The van der Waals surface area contributed by atoms with E-state index in [1.54, 1.807) is 31.2 Å². The van der Waals surface area contributed by atoms with Crippen LogP contribution < -0.4 is 0 Å². The Morgan fingerprint density at radius 3 is 2.09 bits per heavy atom. The summed E-state index contributed by atoms with van der Waals surface area (Å²) in [5, 5.41) is 9.84. The van der Waals surface area contributed by atoms with Gasteiger partial charge in [-0.05, 0) is 25.1 Å². The third-order valence-electron chi connectivity index (χ3n) is 3.63. The van der Waals surface area contributed by atoms with Gasteiger partial charge in [0.2, 0.25) is 0 Å². The van der Waals surface area contributed by atoms with Crippen molar-refractivity contribution in [2.45, 2.75) is 26.7 Å². The number of ketones is 3. The Morgan fingerprint density at radius 2 is 1.48 bits per heavy atom. The molecule has 0 saturated heterocycles. The summed E-state index contributed by atoms with van der Waals surface area (Å²) in [6.07, 6.45) is -0.0406. The van der Waals surface area contributed by atoms with Crippen LogP contribution in [0.15, 0.2) is 42.5 Å². The zero-order valence-corrected chi connectivity index (χ0v) is 13.1. The lowest BCUT2D eigenvalue weighted by Gasteiger charge is -2.06. The summed E-state index contributed by atoms with van der Waals surface area (Å²) < 4.78 is 0. The molecule has 2 rings (SSSR count). The van der Waals surface area contributed by atoms with Gasteiger partial charge in [0.1, 0.15) is 5.75 Å². The van der Waals surface area contributed by atoms with Crippen molar-refractivity contribution in [3.05, 3.63) is 64.7 Å². The van der Waals surface area contributed by atoms with Crippen LogP contribution in [0.3, 0.4) is 0 Å². The monoisotopic (exact) mass is 310 g/mol. The van der Waals surface area contributed by atoms with E-state index >= 15 is 0 Å². The fourth-order valence-corrected chi connectivity index (χ4v) is 2.22. The van der Waals surface area contributed by atoms with Crippen molar-refractivity contribution < 1.29 is 19.5 Å². The van der Waals surface area contributed by atoms with E-state index in [4.69, 9.17) is 0 Å². The zero-order valence-electron chi connectivity index (χ0n) is 13.1. The predicted octanol–water partition coefficient (Wildman–Crippen LogP) is 3.75. The second-order valence-electron chi connectivity index (χ2n) is 5.40. The Balaban J connectivity index is 2.21. The third kappa shape index (κ3) is 3.92. The first-order valence-corrected chi connectivity index (χ1v) is 7.41. The van der Waals surface area contributed by atoms with Gasteiger partial charge in [0.25, 0.3) is 0 Å². The fraction of sp³-hybridized carbons (Fsp3) is 0.211. The molecule has 0 aromatic heterocycles. The molecule has 0 radical (unpaired) electrons. The number of aromatic hydroxyl groups is 1. The molecular weight excluding hydrogens is 292 g/mol. The van der Waals surface area contributed by atoms with Crippen molar-refractivity contribution in [2.75, 3.05) is 0 Å². The van der Waals surface area contributed by atoms with Crippen molar-refractivity contribution in [3.63, 3.8) is 0 Å². The molecule has 0 aliphatic heterocycles. The molecular formula is C19H18O4. The zero-order chi connectivity index (χ0) is 17.0. The van der Waals surface area contributed by atoms with Gasteiger partial charge in [0.15, 0.2) is 17.3 Å². The van der Waals surface area contributed by atoms with Crippen molar-refractivity contribution >= 4 is 17.3 Å². The Morgan fingerprint density at radius 1 is 0.870 bits per heavy atom. The Hall–Kier alpha value is -2.75. The number of aryl methyl sites for hydroxylation is 1. The summed E-state index contributed by atoms with van der Waals surface area (Å²) in [5.74, 6) is -1.16. The standard InChI is InChI=1S/C19H18O4/c1-3-16(20)14-8-9-17(21)15(10-14)19(23)11-18(22)13-6-4-12(2)5-7-13/h4-10,21H,3,11H2,1-2H3. The lowest BCUT2D eigenvalue weighted by molar-refractivity contribution is 0.0892. The molecule has 0 aliphatic rings. The van der Waals surface area contributed by atoms with E-state index in [1.807, 2.05) is 6.92 Å². The molecule has 0 heterocycles. The lowest BCUT2D eigenvalue weighted by atomic mass is 9.97. The normalized spacial score (nSPS) is 10.3. The van der Waals surface area contributed by atoms with E-state index in [1.165, 1.54) is 18.2 Å². The van der Waals surface area contributed by atoms with Crippen molar-refractivity contribution in [1.29, 1.82) is 0 Å². The smallest absolute Gasteiger partial charge is 0.174 e. The summed E-state index contributed by atoms with van der Waals surface area (Å²) in [6, 6.07) is 11.1. The molecule has 2 aromatic carbocycles. The Labute approximate surface area is 134 Å². The molecule has 0 unspecified atom stereocenters. The van der Waals surface area contributed by atoms with Crippen LogP contribution in [0.5, 0.6) is 5.75 Å².